The monoisotopic (exact) mass is 385 g/mol. The molecule has 142 valence electrons. The van der Waals surface area contributed by atoms with Crippen LogP contribution in [-0.4, -0.2) is 23.8 Å². The van der Waals surface area contributed by atoms with Gasteiger partial charge in [0.25, 0.3) is 5.91 Å². The number of Topliss-reactive ketones (excluding diaryl/α,β-unsaturated/α-hetero) is 1. The summed E-state index contributed by atoms with van der Waals surface area (Å²) in [5, 5.41) is 2.79. The van der Waals surface area contributed by atoms with E-state index in [0.29, 0.717) is 10.6 Å². The Hall–Kier alpha value is -2.47. The van der Waals surface area contributed by atoms with E-state index in [2.05, 4.69) is 5.32 Å². The average Bonchev–Trinajstić information content (AvgIpc) is 3.27. The van der Waals surface area contributed by atoms with E-state index >= 15 is 0 Å². The zero-order valence-corrected chi connectivity index (χ0v) is 16.4. The summed E-state index contributed by atoms with van der Waals surface area (Å²) in [5.74, 6) is -1.00. The first-order valence-electron chi connectivity index (χ1n) is 9.14. The minimum absolute atomic E-state index is 0.0355. The molecule has 0 bridgehead atoms. The molecular formula is C21H23NO4S. The number of ketones is 1. The van der Waals surface area contributed by atoms with E-state index in [4.69, 9.17) is 4.74 Å². The molecule has 0 unspecified atom stereocenters. The molecule has 0 saturated heterocycles. The molecule has 1 aromatic heterocycles. The lowest BCUT2D eigenvalue weighted by molar-refractivity contribution is -0.153. The van der Waals surface area contributed by atoms with Crippen molar-refractivity contribution in [3.05, 3.63) is 51.2 Å². The van der Waals surface area contributed by atoms with Crippen LogP contribution in [0.3, 0.4) is 0 Å². The fourth-order valence-electron chi connectivity index (χ4n) is 3.13. The van der Waals surface area contributed by atoms with Crippen molar-refractivity contribution in [2.24, 2.45) is 0 Å². The van der Waals surface area contributed by atoms with Gasteiger partial charge in [0.05, 0.1) is 11.3 Å². The molecule has 1 aliphatic carbocycles. The van der Waals surface area contributed by atoms with Gasteiger partial charge in [-0.15, -0.1) is 11.3 Å². The van der Waals surface area contributed by atoms with E-state index in [9.17, 15) is 14.4 Å². The number of benzene rings is 1. The predicted molar refractivity (Wildman–Crippen MR) is 105 cm³/mol. The van der Waals surface area contributed by atoms with Crippen LogP contribution in [0.2, 0.25) is 0 Å². The number of amides is 1. The van der Waals surface area contributed by atoms with Gasteiger partial charge in [-0.3, -0.25) is 14.4 Å². The Morgan fingerprint density at radius 2 is 1.89 bits per heavy atom. The van der Waals surface area contributed by atoms with Gasteiger partial charge < -0.3 is 10.1 Å². The molecule has 5 nitrogen and oxygen atoms in total. The molecule has 0 aliphatic heterocycles. The Morgan fingerprint density at radius 3 is 2.63 bits per heavy atom. The van der Waals surface area contributed by atoms with Crippen molar-refractivity contribution < 1.29 is 19.1 Å². The minimum atomic E-state index is -0.912. The number of hydrogen-bond acceptors (Lipinski definition) is 5. The molecule has 3 rings (SSSR count). The average molecular weight is 385 g/mol. The Bertz CT molecular complexity index is 871. The molecule has 1 N–H and O–H groups in total. The van der Waals surface area contributed by atoms with Crippen molar-refractivity contribution in [3.63, 3.8) is 0 Å². The first-order chi connectivity index (χ1) is 12.9. The Balaban J connectivity index is 1.46. The molecule has 1 heterocycles. The van der Waals surface area contributed by atoms with E-state index in [1.54, 1.807) is 6.07 Å². The smallest absolute Gasteiger partial charge is 0.307 e. The molecule has 27 heavy (non-hydrogen) atoms. The van der Waals surface area contributed by atoms with Crippen LogP contribution in [0, 0.1) is 6.92 Å². The molecule has 0 spiro atoms. The summed E-state index contributed by atoms with van der Waals surface area (Å²) in [6.45, 7) is 3.46. The van der Waals surface area contributed by atoms with Crippen LogP contribution < -0.4 is 5.32 Å². The van der Waals surface area contributed by atoms with Crippen LogP contribution in [0.5, 0.6) is 0 Å². The number of ether oxygens (including phenoxy) is 1. The van der Waals surface area contributed by atoms with Crippen LogP contribution >= 0.6 is 11.3 Å². The first-order valence-corrected chi connectivity index (χ1v) is 9.96. The van der Waals surface area contributed by atoms with E-state index in [1.165, 1.54) is 29.4 Å². The minimum Gasteiger partial charge on any atom is -0.453 e. The molecular weight excluding hydrogens is 362 g/mol. The predicted octanol–water partition coefficient (Wildman–Crippen LogP) is 4.08. The summed E-state index contributed by atoms with van der Waals surface area (Å²) in [7, 11) is 0. The number of carbonyl (C=O) groups is 3. The molecule has 1 atom stereocenters. The van der Waals surface area contributed by atoms with E-state index in [0.717, 1.165) is 24.1 Å². The maximum atomic E-state index is 12.3. The third-order valence-corrected chi connectivity index (χ3v) is 5.66. The largest absolute Gasteiger partial charge is 0.453 e. The van der Waals surface area contributed by atoms with Gasteiger partial charge in [-0.25, -0.2) is 0 Å². The number of rotatable bonds is 7. The highest BCUT2D eigenvalue weighted by molar-refractivity contribution is 7.14. The number of anilines is 1. The second-order valence-corrected chi connectivity index (χ2v) is 8.08. The lowest BCUT2D eigenvalue weighted by Gasteiger charge is -2.14. The fraction of sp³-hybridized carbons (Fsp3) is 0.381. The number of esters is 1. The lowest BCUT2D eigenvalue weighted by atomic mass is 10.1. The quantitative estimate of drug-likeness (QED) is 0.576. The van der Waals surface area contributed by atoms with Gasteiger partial charge in [0.15, 0.2) is 11.9 Å². The van der Waals surface area contributed by atoms with Crippen LogP contribution in [0.25, 0.3) is 0 Å². The SMILES string of the molecule is Cc1ccc(C(=O)CCC(=O)O[C@@H](C)C(=O)Nc2ccc3c(c2)CCC3)s1. The van der Waals surface area contributed by atoms with E-state index in [1.807, 2.05) is 31.2 Å². The standard InChI is InChI=1S/C21H23NO4S/c1-13-6-10-19(27-13)18(23)9-11-20(24)26-14(2)21(25)22-17-8-7-15-4-3-5-16(15)12-17/h6-8,10,12,14H,3-5,9,11H2,1-2H3,(H,22,25)/t14-/m0/s1. The molecule has 1 aliphatic rings. The van der Waals surface area contributed by atoms with Crippen LogP contribution in [0.15, 0.2) is 30.3 Å². The number of carbonyl (C=O) groups excluding carboxylic acids is 3. The number of thiophene rings is 1. The Morgan fingerprint density at radius 1 is 1.11 bits per heavy atom. The zero-order chi connectivity index (χ0) is 19.4. The summed E-state index contributed by atoms with van der Waals surface area (Å²) >= 11 is 1.41. The van der Waals surface area contributed by atoms with Crippen molar-refractivity contribution in [2.75, 3.05) is 5.32 Å². The summed E-state index contributed by atoms with van der Waals surface area (Å²) < 4.78 is 5.17. The van der Waals surface area contributed by atoms with Crippen LogP contribution in [-0.2, 0) is 27.2 Å². The van der Waals surface area contributed by atoms with Gasteiger partial charge in [-0.2, -0.15) is 0 Å². The summed E-state index contributed by atoms with van der Waals surface area (Å²) in [4.78, 5) is 37.9. The Kier molecular flexibility index (Phi) is 6.06. The van der Waals surface area contributed by atoms with Crippen molar-refractivity contribution in [2.45, 2.75) is 52.1 Å². The molecule has 0 saturated carbocycles. The van der Waals surface area contributed by atoms with Crippen molar-refractivity contribution in [1.82, 2.24) is 0 Å². The number of hydrogen-bond donors (Lipinski definition) is 1. The third-order valence-electron chi connectivity index (χ3n) is 4.61. The summed E-state index contributed by atoms with van der Waals surface area (Å²) in [5.41, 5.74) is 3.31. The number of nitrogens with one attached hydrogen (secondary N) is 1. The van der Waals surface area contributed by atoms with Gasteiger partial charge in [0.2, 0.25) is 0 Å². The number of fused-ring (bicyclic) bond motifs is 1. The van der Waals surface area contributed by atoms with Crippen molar-refractivity contribution in [3.8, 4) is 0 Å². The fourth-order valence-corrected chi connectivity index (χ4v) is 3.96. The second kappa shape index (κ2) is 8.48. The molecule has 2 aromatic rings. The van der Waals surface area contributed by atoms with Gasteiger partial charge in [0.1, 0.15) is 0 Å². The van der Waals surface area contributed by atoms with Crippen molar-refractivity contribution in [1.29, 1.82) is 0 Å². The molecule has 1 aromatic carbocycles. The maximum absolute atomic E-state index is 12.3. The van der Waals surface area contributed by atoms with Gasteiger partial charge in [-0.05, 0) is 68.5 Å². The van der Waals surface area contributed by atoms with E-state index in [-0.39, 0.29) is 24.5 Å². The normalized spacial score (nSPS) is 13.7. The van der Waals surface area contributed by atoms with Crippen LogP contribution in [0.4, 0.5) is 5.69 Å². The highest BCUT2D eigenvalue weighted by Gasteiger charge is 2.20. The van der Waals surface area contributed by atoms with Gasteiger partial charge in [0, 0.05) is 17.0 Å². The van der Waals surface area contributed by atoms with Crippen molar-refractivity contribution >= 4 is 34.7 Å². The summed E-state index contributed by atoms with van der Waals surface area (Å²) in [6, 6.07) is 9.53. The molecule has 1 amide bonds. The molecule has 0 fully saturated rings. The van der Waals surface area contributed by atoms with Gasteiger partial charge >= 0.3 is 5.97 Å². The summed E-state index contributed by atoms with van der Waals surface area (Å²) in [6.07, 6.45) is 2.39. The Labute approximate surface area is 162 Å². The zero-order valence-electron chi connectivity index (χ0n) is 15.5. The number of aryl methyl sites for hydroxylation is 3. The maximum Gasteiger partial charge on any atom is 0.307 e. The topological polar surface area (TPSA) is 72.5 Å². The van der Waals surface area contributed by atoms with Gasteiger partial charge in [-0.1, -0.05) is 6.07 Å². The lowest BCUT2D eigenvalue weighted by Crippen LogP contribution is -2.30. The molecule has 6 heteroatoms. The third kappa shape index (κ3) is 5.04. The highest BCUT2D eigenvalue weighted by Crippen LogP contribution is 2.25. The van der Waals surface area contributed by atoms with Crippen LogP contribution in [0.1, 0.15) is 51.9 Å². The highest BCUT2D eigenvalue weighted by atomic mass is 32.1. The van der Waals surface area contributed by atoms with E-state index < -0.39 is 12.1 Å². The second-order valence-electron chi connectivity index (χ2n) is 6.79. The molecule has 0 radical (unpaired) electrons. The first kappa shape index (κ1) is 19.3.